The first-order valence-corrected chi connectivity index (χ1v) is 10.6. The maximum absolute atomic E-state index is 11.6. The number of pyridine rings is 1. The Morgan fingerprint density at radius 1 is 1.30 bits per heavy atom. The Balaban J connectivity index is 1.68. The van der Waals surface area contributed by atoms with Crippen molar-refractivity contribution in [3.8, 4) is 0 Å². The Bertz CT molecular complexity index is 823. The van der Waals surface area contributed by atoms with Gasteiger partial charge in [-0.25, -0.2) is 9.98 Å². The van der Waals surface area contributed by atoms with E-state index in [0.29, 0.717) is 0 Å². The third-order valence-corrected chi connectivity index (χ3v) is 6.51. The molecule has 27 heavy (non-hydrogen) atoms. The highest BCUT2D eigenvalue weighted by atomic mass is 32.1. The van der Waals surface area contributed by atoms with E-state index in [1.165, 1.54) is 19.3 Å². The summed E-state index contributed by atoms with van der Waals surface area (Å²) >= 11 is 1.66. The van der Waals surface area contributed by atoms with Crippen molar-refractivity contribution in [2.45, 2.75) is 45.1 Å². The molecule has 2 aliphatic rings. The van der Waals surface area contributed by atoms with Crippen molar-refractivity contribution in [3.05, 3.63) is 17.1 Å². The number of morpholine rings is 1. The molecule has 1 saturated heterocycles. The van der Waals surface area contributed by atoms with Crippen LogP contribution >= 0.6 is 11.3 Å². The molecule has 1 aliphatic carbocycles. The van der Waals surface area contributed by atoms with E-state index in [2.05, 4.69) is 22.9 Å². The van der Waals surface area contributed by atoms with Crippen LogP contribution in [0, 0.1) is 6.92 Å². The Hall–Kier alpha value is -1.99. The lowest BCUT2D eigenvalue weighted by molar-refractivity contribution is -0.116. The molecule has 0 aromatic carbocycles. The number of carbonyl (C=O) groups is 1. The fraction of sp³-hybridized carbons (Fsp3) is 0.550. The van der Waals surface area contributed by atoms with E-state index in [4.69, 9.17) is 9.73 Å². The van der Waals surface area contributed by atoms with Gasteiger partial charge in [-0.1, -0.05) is 19.3 Å². The zero-order valence-electron chi connectivity index (χ0n) is 15.8. The van der Waals surface area contributed by atoms with Crippen molar-refractivity contribution in [2.75, 3.05) is 31.2 Å². The minimum absolute atomic E-state index is 0.280. The monoisotopic (exact) mass is 386 g/mol. The summed E-state index contributed by atoms with van der Waals surface area (Å²) in [5.41, 5.74) is 2.10. The lowest BCUT2D eigenvalue weighted by Crippen LogP contribution is -2.36. The molecule has 0 atom stereocenters. The molecule has 0 unspecified atom stereocenters. The molecule has 0 radical (unpaired) electrons. The predicted molar refractivity (Wildman–Crippen MR) is 110 cm³/mol. The van der Waals surface area contributed by atoms with Crippen LogP contribution in [0.5, 0.6) is 0 Å². The number of aromatic nitrogens is 1. The molecule has 6 nitrogen and oxygen atoms in total. The molecule has 2 aromatic rings. The predicted octanol–water partition coefficient (Wildman–Crippen LogP) is 3.89. The fourth-order valence-corrected chi connectivity index (χ4v) is 5.00. The Morgan fingerprint density at radius 2 is 2.07 bits per heavy atom. The zero-order valence-corrected chi connectivity index (χ0v) is 16.6. The smallest absolute Gasteiger partial charge is 0.215 e. The van der Waals surface area contributed by atoms with E-state index in [1.807, 2.05) is 6.20 Å². The summed E-state index contributed by atoms with van der Waals surface area (Å²) in [5.74, 6) is 0. The number of hydrogen-bond donors (Lipinski definition) is 0. The Kier molecular flexibility index (Phi) is 5.69. The van der Waals surface area contributed by atoms with Crippen LogP contribution in [0.2, 0.25) is 0 Å². The molecule has 3 heterocycles. The highest BCUT2D eigenvalue weighted by molar-refractivity contribution is 7.19. The number of rotatable bonds is 5. The largest absolute Gasteiger partial charge is 0.378 e. The SMILES string of the molecule is Cc1sc2nccc(N3CCOCC3)c2c1/N=C\N(C=O)C1CCCCC1. The molecule has 0 bridgehead atoms. The lowest BCUT2D eigenvalue weighted by Gasteiger charge is -2.29. The average Bonchev–Trinajstić information content (AvgIpc) is 3.05. The summed E-state index contributed by atoms with van der Waals surface area (Å²) < 4.78 is 5.50. The maximum atomic E-state index is 11.6. The van der Waals surface area contributed by atoms with Gasteiger partial charge in [0, 0.05) is 30.2 Å². The number of aryl methyl sites for hydroxylation is 1. The van der Waals surface area contributed by atoms with Crippen molar-refractivity contribution in [2.24, 2.45) is 4.99 Å². The van der Waals surface area contributed by atoms with E-state index in [9.17, 15) is 4.79 Å². The van der Waals surface area contributed by atoms with Crippen LogP contribution in [-0.4, -0.2) is 55.0 Å². The number of fused-ring (bicyclic) bond motifs is 1. The van der Waals surface area contributed by atoms with E-state index in [0.717, 1.165) is 72.0 Å². The zero-order chi connectivity index (χ0) is 18.6. The van der Waals surface area contributed by atoms with E-state index in [-0.39, 0.29) is 6.04 Å². The molecule has 2 aromatic heterocycles. The van der Waals surface area contributed by atoms with Gasteiger partial charge in [0.25, 0.3) is 0 Å². The Labute approximate surface area is 163 Å². The standard InChI is InChI=1S/C20H26N4O2S/c1-15-19(22-13-24(14-25)16-5-3-2-4-6-16)18-17(7-8-21-20(18)27-15)23-9-11-26-12-10-23/h7-8,13-14,16H,2-6,9-12H2,1H3/b22-13-. The second-order valence-electron chi connectivity index (χ2n) is 7.21. The minimum Gasteiger partial charge on any atom is -0.378 e. The van der Waals surface area contributed by atoms with Gasteiger partial charge < -0.3 is 14.5 Å². The molecule has 4 rings (SSSR count). The summed E-state index contributed by atoms with van der Waals surface area (Å²) in [5, 5.41) is 1.09. The van der Waals surface area contributed by atoms with E-state index in [1.54, 1.807) is 22.6 Å². The molecular formula is C20H26N4O2S. The molecule has 0 spiro atoms. The second kappa shape index (κ2) is 8.35. The Morgan fingerprint density at radius 3 is 2.81 bits per heavy atom. The minimum atomic E-state index is 0.280. The maximum Gasteiger partial charge on any atom is 0.215 e. The number of nitrogens with zero attached hydrogens (tertiary/aromatic N) is 4. The van der Waals surface area contributed by atoms with Gasteiger partial charge in [0.05, 0.1) is 36.3 Å². The summed E-state index contributed by atoms with van der Waals surface area (Å²) in [7, 11) is 0. The molecular weight excluding hydrogens is 360 g/mol. The van der Waals surface area contributed by atoms with Gasteiger partial charge in [0.15, 0.2) is 0 Å². The average molecular weight is 387 g/mol. The molecule has 2 fully saturated rings. The quantitative estimate of drug-likeness (QED) is 0.444. The van der Waals surface area contributed by atoms with E-state index < -0.39 is 0 Å². The molecule has 1 amide bonds. The molecule has 144 valence electrons. The van der Waals surface area contributed by atoms with Crippen LogP contribution in [0.3, 0.4) is 0 Å². The van der Waals surface area contributed by atoms with Crippen molar-refractivity contribution in [3.63, 3.8) is 0 Å². The van der Waals surface area contributed by atoms with Crippen LogP contribution in [0.4, 0.5) is 11.4 Å². The van der Waals surface area contributed by atoms with Crippen molar-refractivity contribution in [1.82, 2.24) is 9.88 Å². The first-order valence-electron chi connectivity index (χ1n) is 9.75. The van der Waals surface area contributed by atoms with Crippen LogP contribution in [0.25, 0.3) is 10.2 Å². The van der Waals surface area contributed by atoms with Crippen molar-refractivity contribution < 1.29 is 9.53 Å². The first kappa shape index (κ1) is 18.4. The lowest BCUT2D eigenvalue weighted by atomic mass is 9.95. The van der Waals surface area contributed by atoms with Crippen molar-refractivity contribution >= 4 is 45.7 Å². The summed E-state index contributed by atoms with van der Waals surface area (Å²) in [6.45, 7) is 5.31. The van der Waals surface area contributed by atoms with Gasteiger partial charge in [-0.15, -0.1) is 11.3 Å². The van der Waals surface area contributed by atoms with Crippen LogP contribution < -0.4 is 4.90 Å². The first-order chi connectivity index (χ1) is 13.3. The molecule has 7 heteroatoms. The topological polar surface area (TPSA) is 58.0 Å². The van der Waals surface area contributed by atoms with Gasteiger partial charge in [-0.2, -0.15) is 0 Å². The van der Waals surface area contributed by atoms with Gasteiger partial charge in [0.2, 0.25) is 6.41 Å². The van der Waals surface area contributed by atoms with Crippen molar-refractivity contribution in [1.29, 1.82) is 0 Å². The third-order valence-electron chi connectivity index (χ3n) is 5.50. The highest BCUT2D eigenvalue weighted by Crippen LogP contribution is 2.41. The van der Waals surface area contributed by atoms with Gasteiger partial charge in [0.1, 0.15) is 4.83 Å². The summed E-state index contributed by atoms with van der Waals surface area (Å²) in [4.78, 5) is 27.2. The normalized spacial score (nSPS) is 19.1. The third kappa shape index (κ3) is 3.84. The molecule has 1 saturated carbocycles. The number of aliphatic imine (C=N–C) groups is 1. The highest BCUT2D eigenvalue weighted by Gasteiger charge is 2.21. The fourth-order valence-electron chi connectivity index (χ4n) is 4.04. The number of thiophene rings is 1. The van der Waals surface area contributed by atoms with Crippen LogP contribution in [0.1, 0.15) is 37.0 Å². The van der Waals surface area contributed by atoms with Gasteiger partial charge in [-0.3, -0.25) is 4.79 Å². The van der Waals surface area contributed by atoms with Gasteiger partial charge >= 0.3 is 0 Å². The summed E-state index contributed by atoms with van der Waals surface area (Å²) in [6.07, 6.45) is 10.3. The number of ether oxygens (including phenoxy) is 1. The number of carbonyl (C=O) groups excluding carboxylic acids is 1. The number of hydrogen-bond acceptors (Lipinski definition) is 6. The second-order valence-corrected chi connectivity index (χ2v) is 8.41. The van der Waals surface area contributed by atoms with Gasteiger partial charge in [-0.05, 0) is 25.8 Å². The van der Waals surface area contributed by atoms with E-state index >= 15 is 0 Å². The number of anilines is 1. The number of amides is 1. The van der Waals surface area contributed by atoms with Crippen LogP contribution in [-0.2, 0) is 9.53 Å². The molecule has 0 N–H and O–H groups in total. The molecule has 1 aliphatic heterocycles. The summed E-state index contributed by atoms with van der Waals surface area (Å²) in [6, 6.07) is 2.35. The van der Waals surface area contributed by atoms with Crippen LogP contribution in [0.15, 0.2) is 17.3 Å².